The molecule has 4 rings (SSSR count). The van der Waals surface area contributed by atoms with Crippen LogP contribution in [-0.4, -0.2) is 9.55 Å². The Balaban J connectivity index is 2.08. The molecule has 2 aromatic heterocycles. The van der Waals surface area contributed by atoms with Gasteiger partial charge in [0.25, 0.3) is 0 Å². The van der Waals surface area contributed by atoms with E-state index in [1.807, 2.05) is 36.8 Å². The van der Waals surface area contributed by atoms with Gasteiger partial charge in [0.15, 0.2) is 0 Å². The van der Waals surface area contributed by atoms with Crippen LogP contribution in [0.15, 0.2) is 84.8 Å². The molecule has 0 amide bonds. The van der Waals surface area contributed by atoms with E-state index in [-0.39, 0.29) is 0 Å². The summed E-state index contributed by atoms with van der Waals surface area (Å²) in [5.74, 6) is 0. The van der Waals surface area contributed by atoms with Gasteiger partial charge in [0.05, 0.1) is 6.33 Å². The molecule has 0 saturated heterocycles. The van der Waals surface area contributed by atoms with Crippen molar-refractivity contribution in [2.45, 2.75) is 5.54 Å². The number of hydrogen-bond donors (Lipinski definition) is 0. The normalized spacial score (nSPS) is 11.6. The van der Waals surface area contributed by atoms with Crippen molar-refractivity contribution in [3.05, 3.63) is 111 Å². The molecule has 0 aliphatic heterocycles. The van der Waals surface area contributed by atoms with Crippen LogP contribution in [-0.2, 0) is 5.54 Å². The minimum Gasteiger partial charge on any atom is -0.318 e. The highest BCUT2D eigenvalue weighted by molar-refractivity contribution is 7.10. The maximum atomic E-state index is 6.14. The molecule has 2 aromatic carbocycles. The third-order valence-electron chi connectivity index (χ3n) is 4.29. The quantitative estimate of drug-likeness (QED) is 0.416. The number of imidazole rings is 1. The number of aromatic nitrogens is 2. The fourth-order valence-electron chi connectivity index (χ4n) is 3.20. The van der Waals surface area contributed by atoms with Crippen LogP contribution in [0.2, 0.25) is 10.0 Å². The van der Waals surface area contributed by atoms with E-state index in [4.69, 9.17) is 23.2 Å². The van der Waals surface area contributed by atoms with Gasteiger partial charge in [-0.25, -0.2) is 4.98 Å². The number of halogens is 2. The van der Waals surface area contributed by atoms with Crippen LogP contribution in [0.5, 0.6) is 0 Å². The summed E-state index contributed by atoms with van der Waals surface area (Å²) in [5, 5.41) is 3.52. The Morgan fingerprint density at radius 3 is 1.88 bits per heavy atom. The molecule has 4 aromatic rings. The third-order valence-corrected chi connectivity index (χ3v) is 5.78. The SMILES string of the molecule is Clc1ccc(C(c2ccc(Cl)cc2)(c2cccs2)n2ccnc2)cc1. The molecule has 5 heteroatoms. The van der Waals surface area contributed by atoms with E-state index in [2.05, 4.69) is 51.3 Å². The first-order valence-corrected chi connectivity index (χ1v) is 9.39. The summed E-state index contributed by atoms with van der Waals surface area (Å²) in [5.41, 5.74) is 1.69. The largest absolute Gasteiger partial charge is 0.318 e. The zero-order valence-corrected chi connectivity index (χ0v) is 15.5. The molecule has 0 aliphatic rings. The van der Waals surface area contributed by atoms with Crippen molar-refractivity contribution in [3.8, 4) is 0 Å². The molecule has 25 heavy (non-hydrogen) atoms. The molecule has 2 nitrogen and oxygen atoms in total. The summed E-state index contributed by atoms with van der Waals surface area (Å²) in [4.78, 5) is 5.49. The second kappa shape index (κ2) is 6.68. The van der Waals surface area contributed by atoms with Crippen molar-refractivity contribution >= 4 is 34.5 Å². The van der Waals surface area contributed by atoms with Crippen molar-refractivity contribution in [1.29, 1.82) is 0 Å². The van der Waals surface area contributed by atoms with Gasteiger partial charge in [0.1, 0.15) is 5.54 Å². The van der Waals surface area contributed by atoms with Crippen LogP contribution >= 0.6 is 34.5 Å². The zero-order chi connectivity index (χ0) is 17.3. The van der Waals surface area contributed by atoms with Crippen molar-refractivity contribution < 1.29 is 0 Å². The first-order valence-electron chi connectivity index (χ1n) is 7.76. The van der Waals surface area contributed by atoms with Crippen molar-refractivity contribution in [1.82, 2.24) is 9.55 Å². The van der Waals surface area contributed by atoms with Gasteiger partial charge in [-0.2, -0.15) is 0 Å². The van der Waals surface area contributed by atoms with E-state index in [1.54, 1.807) is 17.5 Å². The average Bonchev–Trinajstić information content (AvgIpc) is 3.33. The molecule has 2 heterocycles. The maximum Gasteiger partial charge on any atom is 0.130 e. The molecular weight excluding hydrogens is 371 g/mol. The van der Waals surface area contributed by atoms with Gasteiger partial charge in [0, 0.05) is 27.3 Å². The summed E-state index contributed by atoms with van der Waals surface area (Å²) >= 11 is 14.0. The Morgan fingerprint density at radius 2 is 1.44 bits per heavy atom. The predicted molar refractivity (Wildman–Crippen MR) is 105 cm³/mol. The summed E-state index contributed by atoms with van der Waals surface area (Å²) in [6.45, 7) is 0. The van der Waals surface area contributed by atoms with Gasteiger partial charge in [-0.05, 0) is 46.8 Å². The van der Waals surface area contributed by atoms with Gasteiger partial charge in [-0.15, -0.1) is 11.3 Å². The second-order valence-corrected chi connectivity index (χ2v) is 7.49. The molecule has 0 bridgehead atoms. The second-order valence-electron chi connectivity index (χ2n) is 5.67. The lowest BCUT2D eigenvalue weighted by Gasteiger charge is -2.36. The zero-order valence-electron chi connectivity index (χ0n) is 13.1. The number of nitrogens with zero attached hydrogens (tertiary/aromatic N) is 2. The topological polar surface area (TPSA) is 17.8 Å². The Bertz CT molecular complexity index is 862. The molecule has 0 atom stereocenters. The molecular formula is C20H14Cl2N2S. The van der Waals surface area contributed by atoms with Gasteiger partial charge >= 0.3 is 0 Å². The molecule has 0 aliphatic carbocycles. The Labute approximate surface area is 160 Å². The monoisotopic (exact) mass is 384 g/mol. The minimum absolute atomic E-state index is 0.528. The van der Waals surface area contributed by atoms with Crippen LogP contribution in [0.1, 0.15) is 16.0 Å². The smallest absolute Gasteiger partial charge is 0.130 e. The highest BCUT2D eigenvalue weighted by atomic mass is 35.5. The van der Waals surface area contributed by atoms with Gasteiger partial charge in [-0.1, -0.05) is 53.5 Å². The fourth-order valence-corrected chi connectivity index (χ4v) is 4.43. The highest BCUT2D eigenvalue weighted by Gasteiger charge is 2.39. The number of benzene rings is 2. The summed E-state index contributed by atoms with van der Waals surface area (Å²) in [6.07, 6.45) is 5.64. The molecule has 0 fully saturated rings. The average molecular weight is 385 g/mol. The Kier molecular flexibility index (Phi) is 4.38. The minimum atomic E-state index is -0.528. The summed E-state index contributed by atoms with van der Waals surface area (Å²) in [6, 6.07) is 20.2. The lowest BCUT2D eigenvalue weighted by Crippen LogP contribution is -2.36. The lowest BCUT2D eigenvalue weighted by molar-refractivity contribution is 0.524. The fraction of sp³-hybridized carbons (Fsp3) is 0.0500. The van der Waals surface area contributed by atoms with Crippen LogP contribution in [0.4, 0.5) is 0 Å². The van der Waals surface area contributed by atoms with E-state index in [0.29, 0.717) is 10.0 Å². The van der Waals surface area contributed by atoms with E-state index < -0.39 is 5.54 Å². The highest BCUT2D eigenvalue weighted by Crippen LogP contribution is 2.43. The first kappa shape index (κ1) is 16.4. The Morgan fingerprint density at radius 1 is 0.840 bits per heavy atom. The summed E-state index contributed by atoms with van der Waals surface area (Å²) in [7, 11) is 0. The van der Waals surface area contributed by atoms with Crippen molar-refractivity contribution in [2.24, 2.45) is 0 Å². The number of rotatable bonds is 4. The van der Waals surface area contributed by atoms with Gasteiger partial charge in [0.2, 0.25) is 0 Å². The van der Waals surface area contributed by atoms with E-state index in [9.17, 15) is 0 Å². The van der Waals surface area contributed by atoms with Crippen LogP contribution < -0.4 is 0 Å². The molecule has 0 unspecified atom stereocenters. The molecule has 0 radical (unpaired) electrons. The molecule has 0 spiro atoms. The standard InChI is InChI=1S/C20H14Cl2N2S/c21-17-7-3-15(4-8-17)20(19-2-1-13-25-19,24-12-11-23-14-24)16-5-9-18(22)10-6-16/h1-14H. The Hall–Kier alpha value is -2.07. The predicted octanol–water partition coefficient (Wildman–Crippen LogP) is 6.09. The van der Waals surface area contributed by atoms with Crippen LogP contribution in [0.25, 0.3) is 0 Å². The van der Waals surface area contributed by atoms with E-state index in [1.165, 1.54) is 4.88 Å². The lowest BCUT2D eigenvalue weighted by atomic mass is 9.81. The molecule has 0 N–H and O–H groups in total. The maximum absolute atomic E-state index is 6.14. The van der Waals surface area contributed by atoms with Crippen LogP contribution in [0.3, 0.4) is 0 Å². The van der Waals surface area contributed by atoms with E-state index in [0.717, 1.165) is 11.1 Å². The first-order chi connectivity index (χ1) is 12.2. The molecule has 0 saturated carbocycles. The van der Waals surface area contributed by atoms with Crippen molar-refractivity contribution in [2.75, 3.05) is 0 Å². The van der Waals surface area contributed by atoms with Gasteiger partial charge in [-0.3, -0.25) is 0 Å². The van der Waals surface area contributed by atoms with E-state index >= 15 is 0 Å². The number of hydrogen-bond acceptors (Lipinski definition) is 2. The van der Waals surface area contributed by atoms with Crippen molar-refractivity contribution in [3.63, 3.8) is 0 Å². The number of thiophene rings is 1. The molecule has 124 valence electrons. The summed E-state index contributed by atoms with van der Waals surface area (Å²) < 4.78 is 2.13. The van der Waals surface area contributed by atoms with Crippen LogP contribution in [0, 0.1) is 0 Å². The third kappa shape index (κ3) is 2.78. The van der Waals surface area contributed by atoms with Gasteiger partial charge < -0.3 is 4.57 Å².